The summed E-state index contributed by atoms with van der Waals surface area (Å²) in [5, 5.41) is 9.12. The van der Waals surface area contributed by atoms with Crippen molar-refractivity contribution < 1.29 is 9.84 Å². The number of aliphatic hydroxyl groups is 1. The summed E-state index contributed by atoms with van der Waals surface area (Å²) in [6, 6.07) is 0. The van der Waals surface area contributed by atoms with Gasteiger partial charge in [-0.3, -0.25) is 0 Å². The van der Waals surface area contributed by atoms with E-state index in [0.29, 0.717) is 12.7 Å². The molecule has 2 atom stereocenters. The molecule has 1 fully saturated rings. The van der Waals surface area contributed by atoms with Crippen LogP contribution in [0.5, 0.6) is 0 Å². The Balaban J connectivity index is 2.57. The number of ether oxygens (including phenoxy) is 1. The van der Waals surface area contributed by atoms with E-state index < -0.39 is 0 Å². The molecule has 0 amide bonds. The van der Waals surface area contributed by atoms with E-state index in [1.807, 2.05) is 0 Å². The van der Waals surface area contributed by atoms with Crippen LogP contribution in [-0.4, -0.2) is 24.4 Å². The van der Waals surface area contributed by atoms with Gasteiger partial charge in [-0.25, -0.2) is 0 Å². The van der Waals surface area contributed by atoms with Crippen LogP contribution in [0.4, 0.5) is 0 Å². The van der Waals surface area contributed by atoms with Gasteiger partial charge in [0, 0.05) is 0 Å². The number of rotatable bonds is 11. The molecule has 21 heavy (non-hydrogen) atoms. The first-order chi connectivity index (χ1) is 10.2. The predicted octanol–water partition coefficient (Wildman–Crippen LogP) is 5.19. The minimum Gasteiger partial charge on any atom is -0.394 e. The highest BCUT2D eigenvalue weighted by molar-refractivity contribution is 4.86. The molecule has 1 aliphatic carbocycles. The smallest absolute Gasteiger partial charge is 0.0701 e. The fraction of sp³-hybridized carbons (Fsp3) is 1.00. The van der Waals surface area contributed by atoms with Crippen molar-refractivity contribution in [3.8, 4) is 0 Å². The van der Waals surface area contributed by atoms with Crippen molar-refractivity contribution in [2.45, 2.75) is 91.1 Å². The zero-order chi connectivity index (χ0) is 15.5. The normalized spacial score (nSPS) is 29.7. The summed E-state index contributed by atoms with van der Waals surface area (Å²) in [6.45, 7) is 7.65. The van der Waals surface area contributed by atoms with Crippen molar-refractivity contribution in [3.63, 3.8) is 0 Å². The average Bonchev–Trinajstić information content (AvgIpc) is 2.47. The van der Waals surface area contributed by atoms with Crippen LogP contribution in [0.15, 0.2) is 0 Å². The molecule has 0 spiro atoms. The van der Waals surface area contributed by atoms with E-state index in [1.165, 1.54) is 64.2 Å². The lowest BCUT2D eigenvalue weighted by molar-refractivity contribution is -0.0741. The highest BCUT2D eigenvalue weighted by Gasteiger charge is 2.36. The lowest BCUT2D eigenvalue weighted by Crippen LogP contribution is -2.39. The van der Waals surface area contributed by atoms with Crippen molar-refractivity contribution in [1.82, 2.24) is 0 Å². The molecule has 126 valence electrons. The molecule has 0 aromatic rings. The molecular formula is C19H38O2. The van der Waals surface area contributed by atoms with E-state index in [9.17, 15) is 0 Å². The lowest BCUT2D eigenvalue weighted by atomic mass is 9.70. The van der Waals surface area contributed by atoms with Crippen molar-refractivity contribution in [2.75, 3.05) is 13.2 Å². The molecule has 1 rings (SSSR count). The third-order valence-corrected chi connectivity index (χ3v) is 5.10. The van der Waals surface area contributed by atoms with Crippen LogP contribution in [0, 0.1) is 17.8 Å². The molecule has 0 heterocycles. The summed E-state index contributed by atoms with van der Waals surface area (Å²) in [6.07, 6.45) is 13.7. The van der Waals surface area contributed by atoms with E-state index >= 15 is 0 Å². The molecule has 1 N–H and O–H groups in total. The van der Waals surface area contributed by atoms with E-state index in [0.717, 1.165) is 17.8 Å². The molecule has 0 saturated heterocycles. The monoisotopic (exact) mass is 298 g/mol. The van der Waals surface area contributed by atoms with Gasteiger partial charge in [0.05, 0.1) is 19.3 Å². The van der Waals surface area contributed by atoms with Gasteiger partial charge >= 0.3 is 0 Å². The second-order valence-electron chi connectivity index (χ2n) is 7.15. The van der Waals surface area contributed by atoms with Crippen LogP contribution < -0.4 is 0 Å². The molecule has 0 aromatic carbocycles. The maximum Gasteiger partial charge on any atom is 0.0701 e. The standard InChI is InChI=1S/C19H38O2/c1-4-6-8-10-17-14-16(3)15-18(11-9-7-5-2)19(17)21-13-12-20/h16-20H,4-15H2,1-3H3. The van der Waals surface area contributed by atoms with Gasteiger partial charge in [-0.2, -0.15) is 0 Å². The van der Waals surface area contributed by atoms with Crippen LogP contribution in [0.1, 0.15) is 85.0 Å². The van der Waals surface area contributed by atoms with E-state index in [1.54, 1.807) is 0 Å². The molecule has 2 heteroatoms. The topological polar surface area (TPSA) is 29.5 Å². The maximum atomic E-state index is 9.12. The van der Waals surface area contributed by atoms with Crippen molar-refractivity contribution in [3.05, 3.63) is 0 Å². The lowest BCUT2D eigenvalue weighted by Gasteiger charge is -2.41. The Hall–Kier alpha value is -0.0800. The predicted molar refractivity (Wildman–Crippen MR) is 90.5 cm³/mol. The van der Waals surface area contributed by atoms with Gasteiger partial charge in [0.2, 0.25) is 0 Å². The Morgan fingerprint density at radius 1 is 0.905 bits per heavy atom. The minimum absolute atomic E-state index is 0.162. The van der Waals surface area contributed by atoms with Crippen molar-refractivity contribution in [1.29, 1.82) is 0 Å². The van der Waals surface area contributed by atoms with Gasteiger partial charge in [0.15, 0.2) is 0 Å². The van der Waals surface area contributed by atoms with E-state index in [4.69, 9.17) is 9.84 Å². The Labute approximate surface area is 132 Å². The van der Waals surface area contributed by atoms with Gasteiger partial charge in [0.1, 0.15) is 0 Å². The third-order valence-electron chi connectivity index (χ3n) is 5.10. The van der Waals surface area contributed by atoms with Gasteiger partial charge in [-0.1, -0.05) is 59.3 Å². The molecule has 0 bridgehead atoms. The zero-order valence-corrected chi connectivity index (χ0v) is 14.7. The Morgan fingerprint density at radius 2 is 1.43 bits per heavy atom. The van der Waals surface area contributed by atoms with E-state index in [2.05, 4.69) is 20.8 Å². The second kappa shape index (κ2) is 11.5. The minimum atomic E-state index is 0.162. The zero-order valence-electron chi connectivity index (χ0n) is 14.7. The number of hydrogen-bond acceptors (Lipinski definition) is 2. The molecule has 0 radical (unpaired) electrons. The SMILES string of the molecule is CCCCCC1CC(C)CC(CCCCC)C1OCCO. The largest absolute Gasteiger partial charge is 0.394 e. The quantitative estimate of drug-likeness (QED) is 0.532. The molecular weight excluding hydrogens is 260 g/mol. The first kappa shape index (κ1) is 19.0. The molecule has 0 aliphatic heterocycles. The summed E-state index contributed by atoms with van der Waals surface area (Å²) in [4.78, 5) is 0. The summed E-state index contributed by atoms with van der Waals surface area (Å²) in [5.74, 6) is 2.29. The number of aliphatic hydroxyl groups excluding tert-OH is 1. The van der Waals surface area contributed by atoms with Crippen LogP contribution in [0.2, 0.25) is 0 Å². The highest BCUT2D eigenvalue weighted by Crippen LogP contribution is 2.40. The molecule has 0 aromatic heterocycles. The van der Waals surface area contributed by atoms with Gasteiger partial charge in [-0.05, 0) is 43.4 Å². The van der Waals surface area contributed by atoms with Crippen LogP contribution in [0.25, 0.3) is 0 Å². The third kappa shape index (κ3) is 7.15. The Bertz CT molecular complexity index is 222. The highest BCUT2D eigenvalue weighted by atomic mass is 16.5. The maximum absolute atomic E-state index is 9.12. The summed E-state index contributed by atoms with van der Waals surface area (Å²) in [5.41, 5.74) is 0. The average molecular weight is 299 g/mol. The molecule has 2 unspecified atom stereocenters. The van der Waals surface area contributed by atoms with Crippen LogP contribution in [0.3, 0.4) is 0 Å². The summed E-state index contributed by atoms with van der Waals surface area (Å²) in [7, 11) is 0. The summed E-state index contributed by atoms with van der Waals surface area (Å²) < 4.78 is 6.12. The number of hydrogen-bond donors (Lipinski definition) is 1. The molecule has 2 nitrogen and oxygen atoms in total. The van der Waals surface area contributed by atoms with Gasteiger partial charge in [-0.15, -0.1) is 0 Å². The van der Waals surface area contributed by atoms with Crippen LogP contribution in [-0.2, 0) is 4.74 Å². The fourth-order valence-corrected chi connectivity index (χ4v) is 4.12. The molecule has 1 saturated carbocycles. The van der Waals surface area contributed by atoms with Gasteiger partial charge in [0.25, 0.3) is 0 Å². The molecule has 1 aliphatic rings. The Kier molecular flexibility index (Phi) is 10.4. The van der Waals surface area contributed by atoms with Crippen molar-refractivity contribution in [2.24, 2.45) is 17.8 Å². The van der Waals surface area contributed by atoms with Crippen LogP contribution >= 0.6 is 0 Å². The first-order valence-corrected chi connectivity index (χ1v) is 9.45. The Morgan fingerprint density at radius 3 is 1.86 bits per heavy atom. The summed E-state index contributed by atoms with van der Waals surface area (Å²) >= 11 is 0. The van der Waals surface area contributed by atoms with Crippen molar-refractivity contribution >= 4 is 0 Å². The first-order valence-electron chi connectivity index (χ1n) is 9.45. The number of unbranched alkanes of at least 4 members (excludes halogenated alkanes) is 4. The second-order valence-corrected chi connectivity index (χ2v) is 7.15. The van der Waals surface area contributed by atoms with Gasteiger partial charge < -0.3 is 9.84 Å². The van der Waals surface area contributed by atoms with E-state index in [-0.39, 0.29) is 6.61 Å². The fourth-order valence-electron chi connectivity index (χ4n) is 4.12.